The average molecular weight is 252 g/mol. The summed E-state index contributed by atoms with van der Waals surface area (Å²) < 4.78 is 10.8. The zero-order valence-corrected chi connectivity index (χ0v) is 10.2. The number of nitrogens with zero attached hydrogens (tertiary/aromatic N) is 1. The Hall–Kier alpha value is -1.82. The van der Waals surface area contributed by atoms with E-state index in [1.807, 2.05) is 0 Å². The lowest BCUT2D eigenvalue weighted by molar-refractivity contribution is -0.385. The predicted octanol–water partition coefficient (Wildman–Crippen LogP) is 1.73. The Kier molecular flexibility index (Phi) is 3.99. The Balaban J connectivity index is 2.15. The Morgan fingerprint density at radius 2 is 2.17 bits per heavy atom. The molecule has 1 fully saturated rings. The van der Waals surface area contributed by atoms with Gasteiger partial charge in [0.15, 0.2) is 0 Å². The maximum atomic E-state index is 10.8. The first-order valence-electron chi connectivity index (χ1n) is 5.90. The summed E-state index contributed by atoms with van der Waals surface area (Å²) in [5, 5.41) is 14.0. The van der Waals surface area contributed by atoms with Crippen molar-refractivity contribution in [2.45, 2.75) is 18.9 Å². The Labute approximate surface area is 105 Å². The number of rotatable bonds is 4. The summed E-state index contributed by atoms with van der Waals surface area (Å²) in [5.41, 5.74) is -0.0203. The molecule has 1 heterocycles. The lowest BCUT2D eigenvalue weighted by Gasteiger charge is -2.24. The molecule has 1 atom stereocenters. The van der Waals surface area contributed by atoms with Crippen LogP contribution in [0.1, 0.15) is 12.8 Å². The second-order valence-corrected chi connectivity index (χ2v) is 4.21. The van der Waals surface area contributed by atoms with Crippen LogP contribution in [-0.4, -0.2) is 31.2 Å². The van der Waals surface area contributed by atoms with E-state index in [9.17, 15) is 10.1 Å². The Morgan fingerprint density at radius 1 is 1.39 bits per heavy atom. The molecule has 1 aliphatic heterocycles. The van der Waals surface area contributed by atoms with Crippen molar-refractivity contribution >= 4 is 5.69 Å². The second kappa shape index (κ2) is 5.68. The van der Waals surface area contributed by atoms with Gasteiger partial charge in [-0.05, 0) is 19.4 Å². The third-order valence-corrected chi connectivity index (χ3v) is 2.87. The summed E-state index contributed by atoms with van der Waals surface area (Å²) >= 11 is 0. The number of methoxy groups -OCH3 is 1. The molecule has 0 radical (unpaired) electrons. The normalized spacial score (nSPS) is 19.3. The van der Waals surface area contributed by atoms with E-state index in [2.05, 4.69) is 5.32 Å². The van der Waals surface area contributed by atoms with Gasteiger partial charge in [-0.2, -0.15) is 0 Å². The Morgan fingerprint density at radius 3 is 2.78 bits per heavy atom. The van der Waals surface area contributed by atoms with E-state index in [0.717, 1.165) is 25.9 Å². The highest BCUT2D eigenvalue weighted by atomic mass is 16.6. The molecule has 1 aromatic carbocycles. The number of benzene rings is 1. The van der Waals surface area contributed by atoms with Gasteiger partial charge in [0.25, 0.3) is 5.69 Å². The van der Waals surface area contributed by atoms with Crippen LogP contribution in [0.5, 0.6) is 11.5 Å². The number of hydrogen-bond donors (Lipinski definition) is 1. The quantitative estimate of drug-likeness (QED) is 0.652. The number of piperidine rings is 1. The molecular formula is C12H16N2O4. The van der Waals surface area contributed by atoms with Crippen LogP contribution in [0.15, 0.2) is 18.2 Å². The molecular weight excluding hydrogens is 236 g/mol. The minimum atomic E-state index is -0.450. The van der Waals surface area contributed by atoms with Crippen LogP contribution in [0, 0.1) is 10.1 Å². The summed E-state index contributed by atoms with van der Waals surface area (Å²) in [5.74, 6) is 0.915. The summed E-state index contributed by atoms with van der Waals surface area (Å²) in [4.78, 5) is 10.3. The monoisotopic (exact) mass is 252 g/mol. The topological polar surface area (TPSA) is 73.6 Å². The third-order valence-electron chi connectivity index (χ3n) is 2.87. The Bertz CT molecular complexity index is 430. The van der Waals surface area contributed by atoms with Crippen molar-refractivity contribution in [2.24, 2.45) is 0 Å². The van der Waals surface area contributed by atoms with Gasteiger partial charge in [-0.3, -0.25) is 10.1 Å². The van der Waals surface area contributed by atoms with Crippen molar-refractivity contribution in [3.05, 3.63) is 28.3 Å². The van der Waals surface area contributed by atoms with Crippen molar-refractivity contribution in [1.29, 1.82) is 0 Å². The van der Waals surface area contributed by atoms with Crippen LogP contribution in [-0.2, 0) is 0 Å². The van der Waals surface area contributed by atoms with Gasteiger partial charge in [0, 0.05) is 12.6 Å². The molecule has 0 amide bonds. The molecule has 0 aliphatic carbocycles. The average Bonchev–Trinajstić information content (AvgIpc) is 2.39. The fourth-order valence-corrected chi connectivity index (χ4v) is 1.96. The van der Waals surface area contributed by atoms with Crippen LogP contribution >= 0.6 is 0 Å². The van der Waals surface area contributed by atoms with Crippen LogP contribution in [0.2, 0.25) is 0 Å². The number of ether oxygens (including phenoxy) is 2. The first-order chi connectivity index (χ1) is 8.69. The maximum absolute atomic E-state index is 10.8. The number of hydrogen-bond acceptors (Lipinski definition) is 5. The zero-order chi connectivity index (χ0) is 13.0. The summed E-state index contributed by atoms with van der Waals surface area (Å²) in [6.45, 7) is 1.77. The minimum Gasteiger partial charge on any atom is -0.496 e. The standard InChI is InChI=1S/C12H16N2O4/c1-17-11-5-9(14(15)16)6-12(7-11)18-10-3-2-4-13-8-10/h5-7,10,13H,2-4,8H2,1H3. The lowest BCUT2D eigenvalue weighted by Crippen LogP contribution is -2.37. The molecule has 0 saturated carbocycles. The van der Waals surface area contributed by atoms with E-state index in [1.165, 1.54) is 19.2 Å². The number of nitro groups is 1. The van der Waals surface area contributed by atoms with Gasteiger partial charge in [0.2, 0.25) is 0 Å². The van der Waals surface area contributed by atoms with E-state index in [0.29, 0.717) is 11.5 Å². The van der Waals surface area contributed by atoms with Gasteiger partial charge in [0.05, 0.1) is 24.2 Å². The van der Waals surface area contributed by atoms with Crippen molar-refractivity contribution in [3.63, 3.8) is 0 Å². The fourth-order valence-electron chi connectivity index (χ4n) is 1.96. The molecule has 0 bridgehead atoms. The van der Waals surface area contributed by atoms with Gasteiger partial charge in [-0.1, -0.05) is 0 Å². The molecule has 1 saturated heterocycles. The van der Waals surface area contributed by atoms with Crippen LogP contribution in [0.3, 0.4) is 0 Å². The van der Waals surface area contributed by atoms with Crippen molar-refractivity contribution in [2.75, 3.05) is 20.2 Å². The predicted molar refractivity (Wildman–Crippen MR) is 66.2 cm³/mol. The van der Waals surface area contributed by atoms with Gasteiger partial charge >= 0.3 is 0 Å². The van der Waals surface area contributed by atoms with Gasteiger partial charge in [0.1, 0.15) is 17.6 Å². The molecule has 6 nitrogen and oxygen atoms in total. The SMILES string of the molecule is COc1cc(OC2CCCNC2)cc([N+](=O)[O-])c1. The van der Waals surface area contributed by atoms with E-state index in [4.69, 9.17) is 9.47 Å². The van der Waals surface area contributed by atoms with E-state index in [1.54, 1.807) is 6.07 Å². The molecule has 1 aromatic rings. The highest BCUT2D eigenvalue weighted by molar-refractivity contribution is 5.46. The molecule has 1 unspecified atom stereocenters. The molecule has 6 heteroatoms. The van der Waals surface area contributed by atoms with Gasteiger partial charge in [-0.15, -0.1) is 0 Å². The molecule has 0 aromatic heterocycles. The zero-order valence-electron chi connectivity index (χ0n) is 10.2. The third kappa shape index (κ3) is 3.10. The number of nitrogens with one attached hydrogen (secondary N) is 1. The van der Waals surface area contributed by atoms with Gasteiger partial charge in [-0.25, -0.2) is 0 Å². The van der Waals surface area contributed by atoms with Crippen molar-refractivity contribution in [3.8, 4) is 11.5 Å². The number of nitro benzene ring substituents is 1. The van der Waals surface area contributed by atoms with E-state index >= 15 is 0 Å². The maximum Gasteiger partial charge on any atom is 0.276 e. The lowest BCUT2D eigenvalue weighted by atomic mass is 10.1. The largest absolute Gasteiger partial charge is 0.496 e. The van der Waals surface area contributed by atoms with Crippen molar-refractivity contribution in [1.82, 2.24) is 5.32 Å². The summed E-state index contributed by atoms with van der Waals surface area (Å²) in [6.07, 6.45) is 2.07. The molecule has 98 valence electrons. The molecule has 2 rings (SSSR count). The smallest absolute Gasteiger partial charge is 0.276 e. The highest BCUT2D eigenvalue weighted by Gasteiger charge is 2.17. The summed E-state index contributed by atoms with van der Waals surface area (Å²) in [6, 6.07) is 4.48. The van der Waals surface area contributed by atoms with E-state index in [-0.39, 0.29) is 11.8 Å². The first-order valence-corrected chi connectivity index (χ1v) is 5.90. The van der Waals surface area contributed by atoms with E-state index < -0.39 is 4.92 Å². The van der Waals surface area contributed by atoms with Gasteiger partial charge < -0.3 is 14.8 Å². The molecule has 0 spiro atoms. The molecule has 1 N–H and O–H groups in total. The number of non-ortho nitro benzene ring substituents is 1. The molecule has 1 aliphatic rings. The fraction of sp³-hybridized carbons (Fsp3) is 0.500. The minimum absolute atomic E-state index is 0.0203. The van der Waals surface area contributed by atoms with Crippen molar-refractivity contribution < 1.29 is 14.4 Å². The second-order valence-electron chi connectivity index (χ2n) is 4.21. The van der Waals surface area contributed by atoms with Crippen LogP contribution in [0.25, 0.3) is 0 Å². The summed E-state index contributed by atoms with van der Waals surface area (Å²) in [7, 11) is 1.48. The van der Waals surface area contributed by atoms with Crippen LogP contribution < -0.4 is 14.8 Å². The highest BCUT2D eigenvalue weighted by Crippen LogP contribution is 2.28. The first kappa shape index (κ1) is 12.6. The molecule has 18 heavy (non-hydrogen) atoms. The van der Waals surface area contributed by atoms with Crippen LogP contribution in [0.4, 0.5) is 5.69 Å².